The first-order chi connectivity index (χ1) is 4.31. The van der Waals surface area contributed by atoms with Crippen LogP contribution < -0.4 is 0 Å². The molecule has 0 amide bonds. The van der Waals surface area contributed by atoms with E-state index in [1.165, 1.54) is 0 Å². The van der Waals surface area contributed by atoms with E-state index < -0.39 is 0 Å². The van der Waals surface area contributed by atoms with Crippen molar-refractivity contribution >= 4 is 0 Å². The van der Waals surface area contributed by atoms with Crippen LogP contribution in [0.15, 0.2) is 24.2 Å². The Labute approximate surface area is 55.8 Å². The van der Waals surface area contributed by atoms with Crippen LogP contribution in [0.3, 0.4) is 0 Å². The molecule has 0 saturated carbocycles. The van der Waals surface area contributed by atoms with Gasteiger partial charge >= 0.3 is 0 Å². The van der Waals surface area contributed by atoms with Crippen LogP contribution in [0.1, 0.15) is 6.92 Å². The van der Waals surface area contributed by atoms with Crippen molar-refractivity contribution < 1.29 is 9.47 Å². The maximum atomic E-state index is 4.73. The fraction of sp³-hybridized carbons (Fsp3) is 0.429. The van der Waals surface area contributed by atoms with Crippen LogP contribution >= 0.6 is 0 Å². The molecular weight excluding hydrogens is 116 g/mol. The monoisotopic (exact) mass is 128 g/mol. The lowest BCUT2D eigenvalue weighted by Gasteiger charge is -1.90. The third-order valence-electron chi connectivity index (χ3n) is 0.771. The summed E-state index contributed by atoms with van der Waals surface area (Å²) in [6.07, 6.45) is 5.07. The number of allylic oxidation sites excluding steroid dienone is 2. The van der Waals surface area contributed by atoms with Crippen molar-refractivity contribution in [1.29, 1.82) is 0 Å². The molecule has 0 aliphatic carbocycles. The van der Waals surface area contributed by atoms with E-state index in [1.807, 2.05) is 13.0 Å². The molecule has 0 aromatic rings. The number of ether oxygens (including phenoxy) is 2. The quantitative estimate of drug-likeness (QED) is 0.425. The average Bonchev–Trinajstić information content (AvgIpc) is 1.85. The standard InChI is InChI=1S/C7H12O2/c1-7(6-9-3)4-5-8-2/h4-6H,1-3H3/b5-4-,7-6+. The highest BCUT2D eigenvalue weighted by molar-refractivity contribution is 5.11. The minimum atomic E-state index is 1.03. The van der Waals surface area contributed by atoms with E-state index in [0.29, 0.717) is 0 Å². The van der Waals surface area contributed by atoms with Gasteiger partial charge in [-0.1, -0.05) is 0 Å². The van der Waals surface area contributed by atoms with Gasteiger partial charge < -0.3 is 9.47 Å². The summed E-state index contributed by atoms with van der Waals surface area (Å²) in [5.74, 6) is 0. The first-order valence-corrected chi connectivity index (χ1v) is 2.70. The molecule has 0 aliphatic heterocycles. The molecule has 0 rings (SSSR count). The molecule has 0 radical (unpaired) electrons. The molecule has 0 atom stereocenters. The minimum absolute atomic E-state index is 1.03. The molecule has 52 valence electrons. The molecule has 0 fully saturated rings. The summed E-state index contributed by atoms with van der Waals surface area (Å²) >= 11 is 0. The summed E-state index contributed by atoms with van der Waals surface area (Å²) in [7, 11) is 3.22. The first-order valence-electron chi connectivity index (χ1n) is 2.70. The highest BCUT2D eigenvalue weighted by Crippen LogP contribution is 1.93. The minimum Gasteiger partial charge on any atom is -0.504 e. The molecule has 0 spiro atoms. The molecule has 0 unspecified atom stereocenters. The Kier molecular flexibility index (Phi) is 4.69. The molecule has 0 aromatic heterocycles. The second kappa shape index (κ2) is 5.22. The van der Waals surface area contributed by atoms with Gasteiger partial charge in [-0.05, 0) is 18.6 Å². The fourth-order valence-electron chi connectivity index (χ4n) is 0.401. The van der Waals surface area contributed by atoms with E-state index in [-0.39, 0.29) is 0 Å². The SMILES string of the molecule is CO/C=C\C(C)=C\OC. The van der Waals surface area contributed by atoms with E-state index >= 15 is 0 Å². The molecule has 0 saturated heterocycles. The highest BCUT2D eigenvalue weighted by Gasteiger charge is 1.77. The van der Waals surface area contributed by atoms with E-state index in [1.54, 1.807) is 26.7 Å². The number of rotatable bonds is 3. The molecule has 9 heavy (non-hydrogen) atoms. The maximum absolute atomic E-state index is 4.73. The van der Waals surface area contributed by atoms with Crippen molar-refractivity contribution in [3.63, 3.8) is 0 Å². The number of hydrogen-bond donors (Lipinski definition) is 0. The summed E-state index contributed by atoms with van der Waals surface area (Å²) in [6.45, 7) is 1.93. The van der Waals surface area contributed by atoms with Crippen molar-refractivity contribution in [2.45, 2.75) is 6.92 Å². The summed E-state index contributed by atoms with van der Waals surface area (Å²) in [6, 6.07) is 0. The zero-order valence-electron chi connectivity index (χ0n) is 6.05. The van der Waals surface area contributed by atoms with Crippen molar-refractivity contribution in [1.82, 2.24) is 0 Å². The van der Waals surface area contributed by atoms with Crippen molar-refractivity contribution in [2.24, 2.45) is 0 Å². The third-order valence-corrected chi connectivity index (χ3v) is 0.771. The Morgan fingerprint density at radius 3 is 2.33 bits per heavy atom. The second-order valence-electron chi connectivity index (χ2n) is 1.64. The molecule has 0 bridgehead atoms. The van der Waals surface area contributed by atoms with Gasteiger partial charge in [-0.2, -0.15) is 0 Å². The van der Waals surface area contributed by atoms with Gasteiger partial charge in [0.1, 0.15) is 0 Å². The van der Waals surface area contributed by atoms with Gasteiger partial charge in [0.15, 0.2) is 0 Å². The Bertz CT molecular complexity index is 114. The number of hydrogen-bond acceptors (Lipinski definition) is 2. The first kappa shape index (κ1) is 8.08. The topological polar surface area (TPSA) is 18.5 Å². The lowest BCUT2D eigenvalue weighted by atomic mass is 10.3. The van der Waals surface area contributed by atoms with Gasteiger partial charge in [-0.25, -0.2) is 0 Å². The molecular formula is C7H12O2. The molecule has 2 nitrogen and oxygen atoms in total. The molecule has 0 heterocycles. The van der Waals surface area contributed by atoms with Gasteiger partial charge in [0, 0.05) is 0 Å². The molecule has 2 heteroatoms. The predicted octanol–water partition coefficient (Wildman–Crippen LogP) is 1.70. The van der Waals surface area contributed by atoms with Crippen molar-refractivity contribution in [3.05, 3.63) is 24.2 Å². The van der Waals surface area contributed by atoms with Gasteiger partial charge in [-0.15, -0.1) is 0 Å². The summed E-state index contributed by atoms with van der Waals surface area (Å²) in [5.41, 5.74) is 1.03. The van der Waals surface area contributed by atoms with E-state index in [4.69, 9.17) is 4.74 Å². The van der Waals surface area contributed by atoms with E-state index in [9.17, 15) is 0 Å². The fourth-order valence-corrected chi connectivity index (χ4v) is 0.401. The number of methoxy groups -OCH3 is 2. The Balaban J connectivity index is 3.60. The largest absolute Gasteiger partial charge is 0.504 e. The molecule has 0 aliphatic rings. The summed E-state index contributed by atoms with van der Waals surface area (Å²) in [5, 5.41) is 0. The Hall–Kier alpha value is -0.920. The normalized spacial score (nSPS) is 12.1. The average molecular weight is 128 g/mol. The zero-order chi connectivity index (χ0) is 7.11. The van der Waals surface area contributed by atoms with Crippen LogP contribution in [0, 0.1) is 0 Å². The van der Waals surface area contributed by atoms with Crippen molar-refractivity contribution in [3.8, 4) is 0 Å². The van der Waals surface area contributed by atoms with Crippen LogP contribution in [-0.4, -0.2) is 14.2 Å². The predicted molar refractivity (Wildman–Crippen MR) is 36.9 cm³/mol. The van der Waals surface area contributed by atoms with Crippen LogP contribution in [0.4, 0.5) is 0 Å². The van der Waals surface area contributed by atoms with E-state index in [0.717, 1.165) is 5.57 Å². The van der Waals surface area contributed by atoms with Gasteiger partial charge in [0.25, 0.3) is 0 Å². The summed E-state index contributed by atoms with van der Waals surface area (Å²) in [4.78, 5) is 0. The highest BCUT2D eigenvalue weighted by atomic mass is 16.5. The lowest BCUT2D eigenvalue weighted by Crippen LogP contribution is -1.72. The van der Waals surface area contributed by atoms with E-state index in [2.05, 4.69) is 4.74 Å². The van der Waals surface area contributed by atoms with Crippen LogP contribution in [-0.2, 0) is 9.47 Å². The van der Waals surface area contributed by atoms with Crippen LogP contribution in [0.5, 0.6) is 0 Å². The molecule has 0 aromatic carbocycles. The van der Waals surface area contributed by atoms with Gasteiger partial charge in [-0.3, -0.25) is 0 Å². The lowest BCUT2D eigenvalue weighted by molar-refractivity contribution is 0.330. The second-order valence-corrected chi connectivity index (χ2v) is 1.64. The van der Waals surface area contributed by atoms with Crippen molar-refractivity contribution in [2.75, 3.05) is 14.2 Å². The van der Waals surface area contributed by atoms with Gasteiger partial charge in [0.2, 0.25) is 0 Å². The van der Waals surface area contributed by atoms with Crippen LogP contribution in [0.2, 0.25) is 0 Å². The Morgan fingerprint density at radius 2 is 1.89 bits per heavy atom. The maximum Gasteiger partial charge on any atom is 0.0854 e. The molecule has 0 N–H and O–H groups in total. The zero-order valence-corrected chi connectivity index (χ0v) is 6.05. The van der Waals surface area contributed by atoms with Gasteiger partial charge in [0.05, 0.1) is 26.7 Å². The summed E-state index contributed by atoms with van der Waals surface area (Å²) < 4.78 is 9.41. The Morgan fingerprint density at radius 1 is 1.22 bits per heavy atom. The smallest absolute Gasteiger partial charge is 0.0854 e. The third kappa shape index (κ3) is 4.94. The van der Waals surface area contributed by atoms with Crippen LogP contribution in [0.25, 0.3) is 0 Å².